The molecule has 2 aliphatic rings. The zero-order valence-corrected chi connectivity index (χ0v) is 19.6. The summed E-state index contributed by atoms with van der Waals surface area (Å²) in [6, 6.07) is 0. The van der Waals surface area contributed by atoms with Gasteiger partial charge in [-0.2, -0.15) is 0 Å². The topological polar surface area (TPSA) is 72.8 Å². The van der Waals surface area contributed by atoms with Crippen LogP contribution in [-0.4, -0.2) is 36.4 Å². The van der Waals surface area contributed by atoms with Gasteiger partial charge in [0.2, 0.25) is 0 Å². The van der Waals surface area contributed by atoms with E-state index in [0.29, 0.717) is 24.5 Å². The van der Waals surface area contributed by atoms with E-state index in [0.717, 1.165) is 77.4 Å². The smallest absolute Gasteiger partial charge is 0.310 e. The molecule has 1 saturated carbocycles. The number of hydrogen-bond acceptors (Lipinski definition) is 4. The van der Waals surface area contributed by atoms with Crippen molar-refractivity contribution >= 4 is 11.8 Å². The summed E-state index contributed by atoms with van der Waals surface area (Å²) < 4.78 is 11.3. The fraction of sp³-hybridized carbons (Fsp3) is 0.704. The largest absolute Gasteiger partial charge is 0.481 e. The molecule has 1 saturated heterocycles. The molecule has 1 heterocycles. The molecule has 1 aliphatic heterocycles. The monoisotopic (exact) mass is 446 g/mol. The normalized spacial score (nSPS) is 25.0. The second-order valence-corrected chi connectivity index (χ2v) is 9.13. The van der Waals surface area contributed by atoms with Gasteiger partial charge < -0.3 is 14.6 Å². The number of ketones is 1. The van der Waals surface area contributed by atoms with Gasteiger partial charge in [-0.1, -0.05) is 43.2 Å². The molecule has 5 heteroatoms. The van der Waals surface area contributed by atoms with Gasteiger partial charge in [-0.15, -0.1) is 6.58 Å². The van der Waals surface area contributed by atoms with Gasteiger partial charge in [-0.25, -0.2) is 0 Å². The molecule has 0 amide bonds. The van der Waals surface area contributed by atoms with Gasteiger partial charge in [0.15, 0.2) is 6.29 Å². The summed E-state index contributed by atoms with van der Waals surface area (Å²) in [4.78, 5) is 23.4. The molecule has 0 spiro atoms. The highest BCUT2D eigenvalue weighted by molar-refractivity contribution is 5.83. The molecular formula is C27H42O5. The number of unbranched alkanes of at least 4 members (excludes halogenated alkanes) is 4. The van der Waals surface area contributed by atoms with Crippen LogP contribution in [0.15, 0.2) is 37.0 Å². The number of carboxylic acids is 1. The van der Waals surface area contributed by atoms with E-state index in [2.05, 4.69) is 6.58 Å². The van der Waals surface area contributed by atoms with Gasteiger partial charge in [0.1, 0.15) is 5.78 Å². The number of carbonyl (C=O) groups excluding carboxylic acids is 1. The summed E-state index contributed by atoms with van der Waals surface area (Å²) in [5.41, 5.74) is 0. The van der Waals surface area contributed by atoms with Crippen molar-refractivity contribution in [2.24, 2.45) is 17.8 Å². The number of carbonyl (C=O) groups is 2. The van der Waals surface area contributed by atoms with Gasteiger partial charge in [0.25, 0.3) is 0 Å². The maximum Gasteiger partial charge on any atom is 0.310 e. The minimum absolute atomic E-state index is 0.00398. The average molecular weight is 447 g/mol. The first-order valence-corrected chi connectivity index (χ1v) is 12.5. The van der Waals surface area contributed by atoms with Crippen molar-refractivity contribution in [2.75, 3.05) is 13.2 Å². The third kappa shape index (κ3) is 10.7. The van der Waals surface area contributed by atoms with Crippen molar-refractivity contribution < 1.29 is 24.2 Å². The molecular weight excluding hydrogens is 404 g/mol. The molecule has 0 aromatic rings. The van der Waals surface area contributed by atoms with Crippen LogP contribution in [0.3, 0.4) is 0 Å². The Bertz CT molecular complexity index is 618. The minimum atomic E-state index is -0.767. The van der Waals surface area contributed by atoms with Crippen LogP contribution >= 0.6 is 0 Å². The summed E-state index contributed by atoms with van der Waals surface area (Å²) in [6.45, 7) is 5.37. The summed E-state index contributed by atoms with van der Waals surface area (Å²) >= 11 is 0. The first-order chi connectivity index (χ1) is 15.6. The van der Waals surface area contributed by atoms with Gasteiger partial charge in [-0.3, -0.25) is 9.59 Å². The van der Waals surface area contributed by atoms with Crippen LogP contribution in [0.2, 0.25) is 0 Å². The van der Waals surface area contributed by atoms with Crippen molar-refractivity contribution in [3.63, 3.8) is 0 Å². The van der Waals surface area contributed by atoms with Crippen LogP contribution in [-0.2, 0) is 19.1 Å². The molecule has 1 N–H and O–H groups in total. The van der Waals surface area contributed by atoms with E-state index in [9.17, 15) is 14.7 Å². The van der Waals surface area contributed by atoms with E-state index in [4.69, 9.17) is 9.47 Å². The SMILES string of the molecule is C=CC1CC(=O)C(CC=CCCC(C=CCCCCCCOC2CCCCO2)C(=O)O)C1. The highest BCUT2D eigenvalue weighted by Gasteiger charge is 2.29. The number of allylic oxidation sites excluding steroid dienone is 4. The number of aliphatic carboxylic acids is 1. The number of Topliss-reactive ketones (excluding diaryl/α,β-unsaturated/α-hetero) is 1. The molecule has 0 bridgehead atoms. The summed E-state index contributed by atoms with van der Waals surface area (Å²) in [6.07, 6.45) is 22.1. The zero-order chi connectivity index (χ0) is 23.0. The second-order valence-electron chi connectivity index (χ2n) is 9.13. The number of rotatable bonds is 16. The Morgan fingerprint density at radius 1 is 1.16 bits per heavy atom. The minimum Gasteiger partial charge on any atom is -0.481 e. The standard InChI is InChI=1S/C27H42O5/c1-2-22-20-24(25(28)21-22)16-10-7-9-15-23(27(29)30)14-8-5-3-4-6-12-18-31-26-17-11-13-19-32-26/h2,7-8,10,14,22-24,26H,1,3-6,9,11-13,15-21H2,(H,29,30). The Morgan fingerprint density at radius 2 is 2.00 bits per heavy atom. The van der Waals surface area contributed by atoms with E-state index in [1.54, 1.807) is 0 Å². The highest BCUT2D eigenvalue weighted by Crippen LogP contribution is 2.31. The fourth-order valence-corrected chi connectivity index (χ4v) is 4.40. The van der Waals surface area contributed by atoms with Crippen LogP contribution in [0.5, 0.6) is 0 Å². The van der Waals surface area contributed by atoms with Crippen molar-refractivity contribution in [2.45, 2.75) is 89.8 Å². The lowest BCUT2D eigenvalue weighted by molar-refractivity contribution is -0.162. The molecule has 2 fully saturated rings. The third-order valence-corrected chi connectivity index (χ3v) is 6.46. The number of carboxylic acid groups (broad SMARTS) is 1. The molecule has 0 aromatic heterocycles. The third-order valence-electron chi connectivity index (χ3n) is 6.46. The number of hydrogen-bond donors (Lipinski definition) is 1. The highest BCUT2D eigenvalue weighted by atomic mass is 16.7. The molecule has 0 aromatic carbocycles. The maximum absolute atomic E-state index is 11.9. The fourth-order valence-electron chi connectivity index (χ4n) is 4.40. The summed E-state index contributed by atoms with van der Waals surface area (Å²) in [5.74, 6) is -0.446. The predicted molar refractivity (Wildman–Crippen MR) is 127 cm³/mol. The maximum atomic E-state index is 11.9. The lowest BCUT2D eigenvalue weighted by atomic mass is 9.99. The average Bonchev–Trinajstić information content (AvgIpc) is 3.16. The Hall–Kier alpha value is -1.72. The van der Waals surface area contributed by atoms with Crippen LogP contribution < -0.4 is 0 Å². The molecule has 4 atom stereocenters. The zero-order valence-electron chi connectivity index (χ0n) is 19.6. The van der Waals surface area contributed by atoms with Crippen molar-refractivity contribution in [1.82, 2.24) is 0 Å². The van der Waals surface area contributed by atoms with Gasteiger partial charge in [-0.05, 0) is 70.1 Å². The summed E-state index contributed by atoms with van der Waals surface area (Å²) in [5, 5.41) is 9.45. The van der Waals surface area contributed by atoms with Gasteiger partial charge >= 0.3 is 5.97 Å². The lowest BCUT2D eigenvalue weighted by Gasteiger charge is -2.22. The van der Waals surface area contributed by atoms with Gasteiger partial charge in [0, 0.05) is 25.6 Å². The molecule has 1 aliphatic carbocycles. The Morgan fingerprint density at radius 3 is 2.72 bits per heavy atom. The quantitative estimate of drug-likeness (QED) is 0.224. The first kappa shape index (κ1) is 26.5. The van der Waals surface area contributed by atoms with E-state index in [1.165, 1.54) is 6.42 Å². The van der Waals surface area contributed by atoms with Crippen molar-refractivity contribution in [3.05, 3.63) is 37.0 Å². The molecule has 0 radical (unpaired) electrons. The van der Waals surface area contributed by atoms with Crippen molar-refractivity contribution in [1.29, 1.82) is 0 Å². The van der Waals surface area contributed by atoms with Crippen LogP contribution in [0.1, 0.15) is 83.5 Å². The van der Waals surface area contributed by atoms with Gasteiger partial charge in [0.05, 0.1) is 5.92 Å². The summed E-state index contributed by atoms with van der Waals surface area (Å²) in [7, 11) is 0. The van der Waals surface area contributed by atoms with Crippen LogP contribution in [0, 0.1) is 17.8 Å². The molecule has 180 valence electrons. The Balaban J connectivity index is 1.50. The van der Waals surface area contributed by atoms with Crippen molar-refractivity contribution in [3.8, 4) is 0 Å². The van der Waals surface area contributed by atoms with Crippen LogP contribution in [0.25, 0.3) is 0 Å². The predicted octanol–water partition coefficient (Wildman–Crippen LogP) is 6.24. The molecule has 2 rings (SSSR count). The lowest BCUT2D eigenvalue weighted by Crippen LogP contribution is -2.22. The van der Waals surface area contributed by atoms with Crippen LogP contribution in [0.4, 0.5) is 0 Å². The first-order valence-electron chi connectivity index (χ1n) is 12.5. The van der Waals surface area contributed by atoms with E-state index in [1.807, 2.05) is 30.4 Å². The molecule has 32 heavy (non-hydrogen) atoms. The molecule has 4 unspecified atom stereocenters. The van der Waals surface area contributed by atoms with E-state index >= 15 is 0 Å². The Kier molecular flexibility index (Phi) is 13.2. The number of ether oxygens (including phenoxy) is 2. The van der Waals surface area contributed by atoms with E-state index in [-0.39, 0.29) is 12.2 Å². The van der Waals surface area contributed by atoms with E-state index < -0.39 is 11.9 Å². The molecule has 5 nitrogen and oxygen atoms in total. The Labute approximate surface area is 193 Å². The second kappa shape index (κ2) is 16.0.